The van der Waals surface area contributed by atoms with Crippen LogP contribution in [-0.4, -0.2) is 17.7 Å². The van der Waals surface area contributed by atoms with E-state index in [1.165, 1.54) is 12.4 Å². The maximum atomic E-state index is 12.1. The van der Waals surface area contributed by atoms with Crippen LogP contribution < -0.4 is 0 Å². The van der Waals surface area contributed by atoms with Crippen LogP contribution >= 0.6 is 11.3 Å². The highest BCUT2D eigenvalue weighted by molar-refractivity contribution is 7.91. The van der Waals surface area contributed by atoms with Gasteiger partial charge in [0.15, 0.2) is 0 Å². The second-order valence-electron chi connectivity index (χ2n) is 3.15. The summed E-state index contributed by atoms with van der Waals surface area (Å²) in [6, 6.07) is 7.27. The van der Waals surface area contributed by atoms with Crippen molar-refractivity contribution in [3.8, 4) is 0 Å². The molecule has 0 spiro atoms. The first-order valence-electron chi connectivity index (χ1n) is 4.74. The number of para-hydroxylation sites is 1. The summed E-state index contributed by atoms with van der Waals surface area (Å²) in [6.45, 7) is 6.86. The van der Waals surface area contributed by atoms with E-state index >= 15 is 0 Å². The van der Waals surface area contributed by atoms with E-state index in [0.29, 0.717) is 5.52 Å². The van der Waals surface area contributed by atoms with Crippen molar-refractivity contribution in [3.63, 3.8) is 0 Å². The van der Waals surface area contributed by atoms with Gasteiger partial charge in [-0.25, -0.2) is 9.29 Å². The highest BCUT2D eigenvalue weighted by Crippen LogP contribution is 2.27. The van der Waals surface area contributed by atoms with Gasteiger partial charge in [-0.3, -0.25) is 0 Å². The Kier molecular flexibility index (Phi) is 2.99. The molecule has 0 atom stereocenters. The third-order valence-corrected chi connectivity index (χ3v) is 5.23. The Balaban J connectivity index is 2.60. The maximum Gasteiger partial charge on any atom is 0.294 e. The first kappa shape index (κ1) is 11.8. The molecule has 0 N–H and O–H groups in total. The van der Waals surface area contributed by atoms with Crippen molar-refractivity contribution in [1.29, 1.82) is 0 Å². The minimum absolute atomic E-state index is 0.0403. The van der Waals surface area contributed by atoms with E-state index in [1.54, 1.807) is 6.07 Å². The number of aromatic nitrogens is 1. The van der Waals surface area contributed by atoms with Crippen molar-refractivity contribution < 1.29 is 8.42 Å². The lowest BCUT2D eigenvalue weighted by Gasteiger charge is -2.11. The van der Waals surface area contributed by atoms with E-state index in [4.69, 9.17) is 0 Å². The average molecular weight is 266 g/mol. The summed E-state index contributed by atoms with van der Waals surface area (Å²) in [5.41, 5.74) is 0.671. The lowest BCUT2D eigenvalue weighted by atomic mass is 10.3. The Hall–Kier alpha value is -1.66. The Bertz CT molecular complexity index is 633. The molecule has 0 fully saturated rings. The Morgan fingerprint density at radius 2 is 1.88 bits per heavy atom. The van der Waals surface area contributed by atoms with Gasteiger partial charge in [-0.2, -0.15) is 8.42 Å². The predicted octanol–water partition coefficient (Wildman–Crippen LogP) is 2.57. The van der Waals surface area contributed by atoms with Crippen LogP contribution in [0.5, 0.6) is 0 Å². The highest BCUT2D eigenvalue weighted by atomic mass is 32.2. The lowest BCUT2D eigenvalue weighted by molar-refractivity contribution is 0.553. The second-order valence-corrected chi connectivity index (χ2v) is 6.20. The number of nitrogens with zero attached hydrogens (tertiary/aromatic N) is 2. The van der Waals surface area contributed by atoms with Crippen LogP contribution in [0.15, 0.2) is 54.2 Å². The van der Waals surface area contributed by atoms with Gasteiger partial charge < -0.3 is 0 Å². The molecule has 0 aliphatic rings. The normalized spacial score (nSPS) is 11.3. The number of thiazole rings is 1. The van der Waals surface area contributed by atoms with Crippen molar-refractivity contribution in [2.45, 2.75) is 4.34 Å². The second kappa shape index (κ2) is 4.31. The molecule has 0 aliphatic heterocycles. The van der Waals surface area contributed by atoms with E-state index in [9.17, 15) is 8.42 Å². The minimum Gasteiger partial charge on any atom is -0.248 e. The van der Waals surface area contributed by atoms with Crippen molar-refractivity contribution >= 4 is 31.6 Å². The van der Waals surface area contributed by atoms with Gasteiger partial charge in [-0.05, 0) is 12.1 Å². The molecule has 6 heteroatoms. The van der Waals surface area contributed by atoms with Gasteiger partial charge >= 0.3 is 0 Å². The highest BCUT2D eigenvalue weighted by Gasteiger charge is 2.23. The Morgan fingerprint density at radius 1 is 1.24 bits per heavy atom. The maximum absolute atomic E-state index is 12.1. The molecule has 0 radical (unpaired) electrons. The van der Waals surface area contributed by atoms with E-state index < -0.39 is 10.0 Å². The fourth-order valence-electron chi connectivity index (χ4n) is 1.32. The standard InChI is InChI=1S/C11H10N2O2S2/c1-3-13(4-2)17(14,15)11-12-9-7-5-6-8-10(9)16-11/h3-8H,1-2H2. The third kappa shape index (κ3) is 1.96. The molecule has 4 nitrogen and oxygen atoms in total. The van der Waals surface area contributed by atoms with Gasteiger partial charge in [-0.1, -0.05) is 25.3 Å². The Labute approximate surface area is 104 Å². The quantitative estimate of drug-likeness (QED) is 0.854. The summed E-state index contributed by atoms with van der Waals surface area (Å²) in [5, 5.41) is 0. The zero-order chi connectivity index (χ0) is 12.5. The zero-order valence-corrected chi connectivity index (χ0v) is 10.5. The SMILES string of the molecule is C=CN(C=C)S(=O)(=O)c1nc2ccccc2s1. The average Bonchev–Trinajstić information content (AvgIpc) is 2.74. The summed E-state index contributed by atoms with van der Waals surface area (Å²) >= 11 is 1.13. The topological polar surface area (TPSA) is 50.3 Å². The van der Waals surface area contributed by atoms with Crippen LogP contribution in [0.2, 0.25) is 0 Å². The van der Waals surface area contributed by atoms with Crippen molar-refractivity contribution in [2.24, 2.45) is 0 Å². The van der Waals surface area contributed by atoms with Crippen LogP contribution in [-0.2, 0) is 10.0 Å². The largest absolute Gasteiger partial charge is 0.294 e. The molecule has 17 heavy (non-hydrogen) atoms. The third-order valence-electron chi connectivity index (χ3n) is 2.13. The molecule has 1 aromatic heterocycles. The van der Waals surface area contributed by atoms with Gasteiger partial charge in [0.1, 0.15) is 0 Å². The zero-order valence-electron chi connectivity index (χ0n) is 8.91. The summed E-state index contributed by atoms with van der Waals surface area (Å²) in [6.07, 6.45) is 2.38. The number of hydrogen-bond acceptors (Lipinski definition) is 4. The fourth-order valence-corrected chi connectivity index (χ4v) is 3.75. The van der Waals surface area contributed by atoms with Gasteiger partial charge in [0.2, 0.25) is 4.34 Å². The number of rotatable bonds is 4. The minimum atomic E-state index is -3.66. The molecular formula is C11H10N2O2S2. The summed E-state index contributed by atoms with van der Waals surface area (Å²) in [5.74, 6) is 0. The number of hydrogen-bond donors (Lipinski definition) is 0. The molecular weight excluding hydrogens is 256 g/mol. The smallest absolute Gasteiger partial charge is 0.248 e. The molecule has 0 bridgehead atoms. The summed E-state index contributed by atoms with van der Waals surface area (Å²) in [4.78, 5) is 4.09. The fraction of sp³-hybridized carbons (Fsp3) is 0. The van der Waals surface area contributed by atoms with Gasteiger partial charge in [0, 0.05) is 12.4 Å². The molecule has 2 rings (SSSR count). The van der Waals surface area contributed by atoms with Crippen LogP contribution in [0, 0.1) is 0 Å². The first-order valence-corrected chi connectivity index (χ1v) is 6.99. The number of fused-ring (bicyclic) bond motifs is 1. The van der Waals surface area contributed by atoms with Gasteiger partial charge in [0.05, 0.1) is 10.2 Å². The van der Waals surface area contributed by atoms with E-state index in [1.807, 2.05) is 18.2 Å². The van der Waals surface area contributed by atoms with E-state index in [-0.39, 0.29) is 4.34 Å². The summed E-state index contributed by atoms with van der Waals surface area (Å²) < 4.78 is 26.0. The molecule has 0 saturated carbocycles. The molecule has 0 aliphatic carbocycles. The number of benzene rings is 1. The van der Waals surface area contributed by atoms with Gasteiger partial charge in [-0.15, -0.1) is 11.3 Å². The molecule has 0 saturated heterocycles. The predicted molar refractivity (Wildman–Crippen MR) is 69.0 cm³/mol. The van der Waals surface area contributed by atoms with Crippen LogP contribution in [0.25, 0.3) is 10.2 Å². The van der Waals surface area contributed by atoms with Crippen molar-refractivity contribution in [2.75, 3.05) is 0 Å². The Morgan fingerprint density at radius 3 is 2.47 bits per heavy atom. The number of sulfonamides is 1. The molecule has 0 unspecified atom stereocenters. The molecule has 88 valence electrons. The summed E-state index contributed by atoms with van der Waals surface area (Å²) in [7, 11) is -3.66. The molecule has 2 aromatic rings. The van der Waals surface area contributed by atoms with E-state index in [0.717, 1.165) is 20.3 Å². The van der Waals surface area contributed by atoms with Crippen LogP contribution in [0.4, 0.5) is 0 Å². The van der Waals surface area contributed by atoms with Crippen LogP contribution in [0.1, 0.15) is 0 Å². The molecule has 1 heterocycles. The van der Waals surface area contributed by atoms with E-state index in [2.05, 4.69) is 18.1 Å². The van der Waals surface area contributed by atoms with Crippen molar-refractivity contribution in [1.82, 2.24) is 9.29 Å². The molecule has 1 aromatic carbocycles. The molecule has 0 amide bonds. The van der Waals surface area contributed by atoms with Crippen LogP contribution in [0.3, 0.4) is 0 Å². The first-order chi connectivity index (χ1) is 8.09. The monoisotopic (exact) mass is 266 g/mol. The van der Waals surface area contributed by atoms with Crippen molar-refractivity contribution in [3.05, 3.63) is 49.8 Å². The lowest BCUT2D eigenvalue weighted by Crippen LogP contribution is -2.19. The van der Waals surface area contributed by atoms with Gasteiger partial charge in [0.25, 0.3) is 10.0 Å².